The lowest BCUT2D eigenvalue weighted by atomic mass is 10.3. The third-order valence-electron chi connectivity index (χ3n) is 2.82. The fourth-order valence-corrected chi connectivity index (χ4v) is 1.76. The predicted octanol–water partition coefficient (Wildman–Crippen LogP) is -0.195. The van der Waals surface area contributed by atoms with Gasteiger partial charge in [0, 0.05) is 12.2 Å². The maximum Gasteiger partial charge on any atom is 0.279 e. The van der Waals surface area contributed by atoms with Crippen molar-refractivity contribution >= 4 is 17.5 Å². The van der Waals surface area contributed by atoms with E-state index in [9.17, 15) is 14.0 Å². The number of rotatable bonds is 7. The zero-order valence-electron chi connectivity index (χ0n) is 11.8. The summed E-state index contributed by atoms with van der Waals surface area (Å²) in [6.45, 7) is 5.49. The van der Waals surface area contributed by atoms with E-state index in [1.54, 1.807) is 0 Å². The van der Waals surface area contributed by atoms with Crippen LogP contribution in [-0.4, -0.2) is 38.0 Å². The van der Waals surface area contributed by atoms with E-state index in [2.05, 4.69) is 10.6 Å². The van der Waals surface area contributed by atoms with Gasteiger partial charge in [0.05, 0.1) is 6.54 Å². The van der Waals surface area contributed by atoms with Gasteiger partial charge in [-0.1, -0.05) is 0 Å². The maximum absolute atomic E-state index is 12.7. The van der Waals surface area contributed by atoms with Gasteiger partial charge in [0.25, 0.3) is 11.8 Å². The average Bonchev–Trinajstić information content (AvgIpc) is 2.41. The Kier molecular flexibility index (Phi) is 6.66. The van der Waals surface area contributed by atoms with Crippen molar-refractivity contribution in [3.8, 4) is 0 Å². The first-order valence-electron chi connectivity index (χ1n) is 6.70. The van der Waals surface area contributed by atoms with Crippen molar-refractivity contribution in [3.63, 3.8) is 0 Å². The van der Waals surface area contributed by atoms with E-state index < -0.39 is 0 Å². The average molecular weight is 282 g/mol. The second kappa shape index (κ2) is 8.27. The van der Waals surface area contributed by atoms with Crippen molar-refractivity contribution in [1.29, 1.82) is 0 Å². The Balaban J connectivity index is 2.46. The highest BCUT2D eigenvalue weighted by Gasteiger charge is 2.16. The molecule has 2 amide bonds. The smallest absolute Gasteiger partial charge is 0.279 e. The molecular weight excluding hydrogens is 261 g/mol. The summed E-state index contributed by atoms with van der Waals surface area (Å²) in [7, 11) is 0. The molecule has 110 valence electrons. The van der Waals surface area contributed by atoms with Crippen LogP contribution < -0.4 is 15.5 Å². The largest absolute Gasteiger partial charge is 0.351 e. The van der Waals surface area contributed by atoms with Crippen LogP contribution in [0.3, 0.4) is 0 Å². The first-order chi connectivity index (χ1) is 9.55. The Hall–Kier alpha value is -1.95. The fourth-order valence-electron chi connectivity index (χ4n) is 1.76. The highest BCUT2D eigenvalue weighted by atomic mass is 19.1. The number of benzene rings is 1. The van der Waals surface area contributed by atoms with E-state index in [4.69, 9.17) is 0 Å². The molecule has 0 radical (unpaired) electrons. The lowest BCUT2D eigenvalue weighted by molar-refractivity contribution is -0.881. The van der Waals surface area contributed by atoms with Gasteiger partial charge in [-0.05, 0) is 38.1 Å². The molecule has 0 bridgehead atoms. The topological polar surface area (TPSA) is 62.6 Å². The van der Waals surface area contributed by atoms with E-state index in [1.807, 2.05) is 13.8 Å². The number of carbonyl (C=O) groups is 2. The molecule has 0 saturated heterocycles. The molecule has 0 aliphatic carbocycles. The van der Waals surface area contributed by atoms with Crippen molar-refractivity contribution in [2.24, 2.45) is 0 Å². The predicted molar refractivity (Wildman–Crippen MR) is 75.0 cm³/mol. The van der Waals surface area contributed by atoms with Crippen molar-refractivity contribution in [2.45, 2.75) is 13.8 Å². The van der Waals surface area contributed by atoms with Crippen LogP contribution in [-0.2, 0) is 9.59 Å². The highest BCUT2D eigenvalue weighted by molar-refractivity contribution is 5.91. The number of quaternary nitrogens is 1. The SMILES string of the molecule is CCNC(=O)C[NH+](CC)CC(=O)Nc1ccc(F)cc1. The number of nitrogens with one attached hydrogen (secondary N) is 3. The van der Waals surface area contributed by atoms with Gasteiger partial charge in [-0.2, -0.15) is 0 Å². The van der Waals surface area contributed by atoms with Crippen molar-refractivity contribution in [3.05, 3.63) is 30.1 Å². The molecule has 0 saturated carbocycles. The number of anilines is 1. The first-order valence-corrected chi connectivity index (χ1v) is 6.70. The summed E-state index contributed by atoms with van der Waals surface area (Å²) in [5.41, 5.74) is 0.546. The van der Waals surface area contributed by atoms with Gasteiger partial charge in [0.1, 0.15) is 5.82 Å². The minimum Gasteiger partial charge on any atom is -0.351 e. The Labute approximate surface area is 118 Å². The molecule has 6 heteroatoms. The standard InChI is InChI=1S/C14H20FN3O2/c1-3-16-13(19)9-18(4-2)10-14(20)17-12-7-5-11(15)6-8-12/h5-8H,3-4,9-10H2,1-2H3,(H,16,19)(H,17,20)/p+1. The van der Waals surface area contributed by atoms with Gasteiger partial charge in [-0.15, -0.1) is 0 Å². The van der Waals surface area contributed by atoms with E-state index >= 15 is 0 Å². The Morgan fingerprint density at radius 2 is 1.70 bits per heavy atom. The third-order valence-corrected chi connectivity index (χ3v) is 2.82. The molecule has 0 fully saturated rings. The second-order valence-electron chi connectivity index (χ2n) is 4.47. The minimum atomic E-state index is -0.347. The Bertz CT molecular complexity index is 448. The summed E-state index contributed by atoms with van der Waals surface area (Å²) in [5.74, 6) is -0.614. The van der Waals surface area contributed by atoms with Crippen molar-refractivity contribution < 1.29 is 18.9 Å². The lowest BCUT2D eigenvalue weighted by Gasteiger charge is -2.16. The number of hydrogen-bond acceptors (Lipinski definition) is 2. The fraction of sp³-hybridized carbons (Fsp3) is 0.429. The summed E-state index contributed by atoms with van der Waals surface area (Å²) in [6.07, 6.45) is 0. The number of amides is 2. The normalized spacial score (nSPS) is 11.8. The van der Waals surface area contributed by atoms with Gasteiger partial charge in [-0.3, -0.25) is 9.59 Å². The summed E-state index contributed by atoms with van der Waals surface area (Å²) in [6, 6.07) is 5.58. The van der Waals surface area contributed by atoms with Gasteiger partial charge < -0.3 is 15.5 Å². The molecule has 1 rings (SSSR count). The van der Waals surface area contributed by atoms with Crippen molar-refractivity contribution in [1.82, 2.24) is 5.32 Å². The van der Waals surface area contributed by atoms with Crippen LogP contribution in [0.5, 0.6) is 0 Å². The molecular formula is C14H21FN3O2+. The molecule has 20 heavy (non-hydrogen) atoms. The zero-order valence-corrected chi connectivity index (χ0v) is 11.8. The Morgan fingerprint density at radius 1 is 1.10 bits per heavy atom. The lowest BCUT2D eigenvalue weighted by Crippen LogP contribution is -3.14. The van der Waals surface area contributed by atoms with E-state index in [0.717, 1.165) is 4.90 Å². The van der Waals surface area contributed by atoms with Crippen LogP contribution in [0.15, 0.2) is 24.3 Å². The molecule has 0 aliphatic heterocycles. The minimum absolute atomic E-state index is 0.0704. The first kappa shape index (κ1) is 16.1. The number of likely N-dealkylation sites (N-methyl/N-ethyl adjacent to an activating group) is 2. The quantitative estimate of drug-likeness (QED) is 0.649. The molecule has 1 aromatic rings. The molecule has 0 aromatic heterocycles. The van der Waals surface area contributed by atoms with Crippen LogP contribution in [0.25, 0.3) is 0 Å². The molecule has 5 nitrogen and oxygen atoms in total. The van der Waals surface area contributed by atoms with Crippen LogP contribution >= 0.6 is 0 Å². The molecule has 1 atom stereocenters. The third kappa shape index (κ3) is 5.79. The second-order valence-corrected chi connectivity index (χ2v) is 4.47. The maximum atomic E-state index is 12.7. The van der Waals surface area contributed by atoms with Crippen LogP contribution in [0.2, 0.25) is 0 Å². The highest BCUT2D eigenvalue weighted by Crippen LogP contribution is 2.07. The van der Waals surface area contributed by atoms with E-state index in [-0.39, 0.29) is 30.7 Å². The van der Waals surface area contributed by atoms with Crippen LogP contribution in [0.4, 0.5) is 10.1 Å². The monoisotopic (exact) mass is 282 g/mol. The molecule has 1 unspecified atom stereocenters. The van der Waals surface area contributed by atoms with Crippen molar-refractivity contribution in [2.75, 3.05) is 31.5 Å². The van der Waals surface area contributed by atoms with Crippen LogP contribution in [0.1, 0.15) is 13.8 Å². The number of carbonyl (C=O) groups excluding carboxylic acids is 2. The molecule has 0 aliphatic rings. The molecule has 0 spiro atoms. The summed E-state index contributed by atoms with van der Waals surface area (Å²) in [5, 5.41) is 5.39. The molecule has 0 heterocycles. The van der Waals surface area contributed by atoms with E-state index in [1.165, 1.54) is 24.3 Å². The van der Waals surface area contributed by atoms with Gasteiger partial charge in [0.15, 0.2) is 13.1 Å². The van der Waals surface area contributed by atoms with E-state index in [0.29, 0.717) is 18.8 Å². The summed E-state index contributed by atoms with van der Waals surface area (Å²) < 4.78 is 12.7. The Morgan fingerprint density at radius 3 is 2.25 bits per heavy atom. The van der Waals surface area contributed by atoms with Gasteiger partial charge in [-0.25, -0.2) is 4.39 Å². The number of hydrogen-bond donors (Lipinski definition) is 3. The summed E-state index contributed by atoms with van der Waals surface area (Å²) >= 11 is 0. The van der Waals surface area contributed by atoms with Crippen LogP contribution in [0, 0.1) is 5.82 Å². The molecule has 1 aromatic carbocycles. The van der Waals surface area contributed by atoms with Gasteiger partial charge in [0.2, 0.25) is 0 Å². The van der Waals surface area contributed by atoms with Gasteiger partial charge >= 0.3 is 0 Å². The summed E-state index contributed by atoms with van der Waals surface area (Å²) in [4.78, 5) is 24.2. The molecule has 3 N–H and O–H groups in total. The number of halogens is 1. The zero-order chi connectivity index (χ0) is 15.0.